The predicted molar refractivity (Wildman–Crippen MR) is 174 cm³/mol. The van der Waals surface area contributed by atoms with E-state index in [2.05, 4.69) is 62.5 Å². The highest BCUT2D eigenvalue weighted by atomic mass is 16.6. The van der Waals surface area contributed by atoms with Crippen LogP contribution in [0.2, 0.25) is 0 Å². The van der Waals surface area contributed by atoms with E-state index in [0.29, 0.717) is 25.9 Å². The molecule has 0 saturated carbocycles. The van der Waals surface area contributed by atoms with Crippen LogP contribution in [-0.2, 0) is 19.1 Å². The van der Waals surface area contributed by atoms with Gasteiger partial charge in [-0.25, -0.2) is 0 Å². The number of aliphatic hydroxyl groups is 2. The van der Waals surface area contributed by atoms with Crippen molar-refractivity contribution in [2.24, 2.45) is 5.92 Å². The van der Waals surface area contributed by atoms with Crippen molar-refractivity contribution in [3.63, 3.8) is 0 Å². The van der Waals surface area contributed by atoms with E-state index < -0.39 is 6.10 Å². The predicted octanol–water partition coefficient (Wildman–Crippen LogP) is 8.72. The fraction of sp³-hybridized carbons (Fsp3) is 0.722. The number of aliphatic hydroxyl groups excluding tert-OH is 2. The summed E-state index contributed by atoms with van der Waals surface area (Å²) in [7, 11) is 0. The molecular weight excluding hydrogens is 528 g/mol. The third-order valence-electron chi connectivity index (χ3n) is 7.22. The van der Waals surface area contributed by atoms with E-state index in [0.717, 1.165) is 76.5 Å². The summed E-state index contributed by atoms with van der Waals surface area (Å²) in [5, 5.41) is 18.2. The standard InChI is InChI=1S/C36H62O6/c1-3-33(2)27-23-19-16-17-21-25-29-36(40)42-34(31-38)32-41-35(39)28-24-20-15-13-11-9-7-5-4-6-8-10-12-14-18-22-26-30-37/h4,6-7,9-10,12-13,15,33-34,37-38H,3,5,8,11,14,16-32H2,1-2H3/b6-4-,9-7-,12-10-,15-13-/t33?,34-/m0/s1. The zero-order valence-corrected chi connectivity index (χ0v) is 26.9. The summed E-state index contributed by atoms with van der Waals surface area (Å²) >= 11 is 0. The number of esters is 2. The average molecular weight is 591 g/mol. The van der Waals surface area contributed by atoms with Gasteiger partial charge in [-0.05, 0) is 63.7 Å². The molecule has 2 N–H and O–H groups in total. The fourth-order valence-corrected chi connectivity index (χ4v) is 4.26. The first-order chi connectivity index (χ1) is 20.5. The maximum atomic E-state index is 12.1. The number of rotatable bonds is 29. The summed E-state index contributed by atoms with van der Waals surface area (Å²) in [6.07, 6.45) is 34.7. The van der Waals surface area contributed by atoms with Gasteiger partial charge in [-0.3, -0.25) is 9.59 Å². The van der Waals surface area contributed by atoms with E-state index in [4.69, 9.17) is 14.6 Å². The molecule has 0 aliphatic heterocycles. The molecule has 0 rings (SSSR count). The molecule has 0 spiro atoms. The van der Waals surface area contributed by atoms with E-state index in [9.17, 15) is 14.7 Å². The van der Waals surface area contributed by atoms with Gasteiger partial charge >= 0.3 is 11.9 Å². The van der Waals surface area contributed by atoms with Crippen LogP contribution in [0.5, 0.6) is 0 Å². The van der Waals surface area contributed by atoms with Crippen molar-refractivity contribution in [3.05, 3.63) is 48.6 Å². The number of carbonyl (C=O) groups excluding carboxylic acids is 2. The minimum atomic E-state index is -0.798. The monoisotopic (exact) mass is 590 g/mol. The normalized spacial score (nSPS) is 13.5. The van der Waals surface area contributed by atoms with Gasteiger partial charge in [0.15, 0.2) is 6.10 Å². The van der Waals surface area contributed by atoms with Gasteiger partial charge in [-0.1, -0.05) is 114 Å². The van der Waals surface area contributed by atoms with Crippen molar-refractivity contribution in [2.45, 2.75) is 142 Å². The maximum Gasteiger partial charge on any atom is 0.306 e. The van der Waals surface area contributed by atoms with Crippen LogP contribution in [0.1, 0.15) is 136 Å². The molecule has 0 bridgehead atoms. The topological polar surface area (TPSA) is 93.1 Å². The summed E-state index contributed by atoms with van der Waals surface area (Å²) in [5.41, 5.74) is 0. The number of unbranched alkanes of at least 4 members (excludes halogenated alkanes) is 9. The minimum Gasteiger partial charge on any atom is -0.462 e. The zero-order valence-electron chi connectivity index (χ0n) is 26.9. The Balaban J connectivity index is 3.73. The number of carbonyl (C=O) groups is 2. The smallest absolute Gasteiger partial charge is 0.306 e. The van der Waals surface area contributed by atoms with Crippen LogP contribution < -0.4 is 0 Å². The average Bonchev–Trinajstić information content (AvgIpc) is 2.99. The van der Waals surface area contributed by atoms with Gasteiger partial charge < -0.3 is 19.7 Å². The van der Waals surface area contributed by atoms with Crippen LogP contribution in [0.15, 0.2) is 48.6 Å². The van der Waals surface area contributed by atoms with Gasteiger partial charge in [-0.2, -0.15) is 0 Å². The van der Waals surface area contributed by atoms with Gasteiger partial charge in [0, 0.05) is 19.4 Å². The molecule has 0 saturated heterocycles. The number of hydrogen-bond donors (Lipinski definition) is 2. The second-order valence-electron chi connectivity index (χ2n) is 11.2. The Bertz CT molecular complexity index is 739. The van der Waals surface area contributed by atoms with E-state index in [1.807, 2.05) is 0 Å². The Morgan fingerprint density at radius 2 is 1.17 bits per heavy atom. The van der Waals surface area contributed by atoms with E-state index in [-0.39, 0.29) is 25.2 Å². The Hall–Kier alpha value is -2.18. The fourth-order valence-electron chi connectivity index (χ4n) is 4.26. The number of hydrogen-bond acceptors (Lipinski definition) is 6. The molecule has 2 atom stereocenters. The highest BCUT2D eigenvalue weighted by Crippen LogP contribution is 2.15. The maximum absolute atomic E-state index is 12.1. The first-order valence-corrected chi connectivity index (χ1v) is 16.7. The Kier molecular flexibility index (Phi) is 30.1. The highest BCUT2D eigenvalue weighted by Gasteiger charge is 2.16. The lowest BCUT2D eigenvalue weighted by atomic mass is 10.00. The molecule has 242 valence electrons. The molecule has 0 amide bonds. The quantitative estimate of drug-likeness (QED) is 0.0514. The minimum absolute atomic E-state index is 0.103. The Morgan fingerprint density at radius 3 is 1.76 bits per heavy atom. The van der Waals surface area contributed by atoms with Crippen LogP contribution in [-0.4, -0.2) is 48.1 Å². The molecule has 6 nitrogen and oxygen atoms in total. The molecule has 42 heavy (non-hydrogen) atoms. The summed E-state index contributed by atoms with van der Waals surface area (Å²) in [6.45, 7) is 4.38. The van der Waals surface area contributed by atoms with E-state index in [1.165, 1.54) is 32.1 Å². The molecule has 0 aromatic carbocycles. The number of ether oxygens (including phenoxy) is 2. The molecule has 0 fully saturated rings. The van der Waals surface area contributed by atoms with E-state index in [1.54, 1.807) is 0 Å². The molecule has 0 aromatic heterocycles. The highest BCUT2D eigenvalue weighted by molar-refractivity contribution is 5.70. The van der Waals surface area contributed by atoms with Gasteiger partial charge in [0.2, 0.25) is 0 Å². The van der Waals surface area contributed by atoms with Gasteiger partial charge in [0.05, 0.1) is 6.61 Å². The van der Waals surface area contributed by atoms with Crippen molar-refractivity contribution < 1.29 is 29.3 Å². The Labute approximate surface area is 257 Å². The summed E-state index contributed by atoms with van der Waals surface area (Å²) < 4.78 is 10.5. The first-order valence-electron chi connectivity index (χ1n) is 16.7. The van der Waals surface area contributed by atoms with Crippen molar-refractivity contribution in [3.8, 4) is 0 Å². The van der Waals surface area contributed by atoms with Crippen molar-refractivity contribution in [1.29, 1.82) is 0 Å². The summed E-state index contributed by atoms with van der Waals surface area (Å²) in [6, 6.07) is 0. The molecule has 0 radical (unpaired) electrons. The SMILES string of the molecule is CCC(C)CCCCCCCCC(=O)O[C@@H](CO)COC(=O)CCC/C=C\C/C=C\C/C=C\C/C=C\CCCCCO. The third-order valence-corrected chi connectivity index (χ3v) is 7.22. The second kappa shape index (κ2) is 31.7. The van der Waals surface area contributed by atoms with Crippen LogP contribution in [0.4, 0.5) is 0 Å². The second-order valence-corrected chi connectivity index (χ2v) is 11.2. The number of allylic oxidation sites excluding steroid dienone is 8. The largest absolute Gasteiger partial charge is 0.462 e. The van der Waals surface area contributed by atoms with E-state index >= 15 is 0 Å². The van der Waals surface area contributed by atoms with Crippen molar-refractivity contribution in [2.75, 3.05) is 19.8 Å². The lowest BCUT2D eigenvalue weighted by Crippen LogP contribution is -2.28. The third kappa shape index (κ3) is 29.3. The van der Waals surface area contributed by atoms with Crippen LogP contribution in [0.3, 0.4) is 0 Å². The summed E-state index contributed by atoms with van der Waals surface area (Å²) in [4.78, 5) is 24.1. The summed E-state index contributed by atoms with van der Waals surface area (Å²) in [5.74, 6) is 0.136. The molecule has 0 aromatic rings. The molecule has 0 heterocycles. The molecular formula is C36H62O6. The van der Waals surface area contributed by atoms with Crippen LogP contribution in [0, 0.1) is 5.92 Å². The molecule has 6 heteroatoms. The molecule has 0 aliphatic rings. The first kappa shape index (κ1) is 39.8. The van der Waals surface area contributed by atoms with Gasteiger partial charge in [-0.15, -0.1) is 0 Å². The van der Waals surface area contributed by atoms with Gasteiger partial charge in [0.25, 0.3) is 0 Å². The Morgan fingerprint density at radius 1 is 0.643 bits per heavy atom. The van der Waals surface area contributed by atoms with Crippen molar-refractivity contribution >= 4 is 11.9 Å². The molecule has 0 aliphatic carbocycles. The van der Waals surface area contributed by atoms with Crippen molar-refractivity contribution in [1.82, 2.24) is 0 Å². The molecule has 1 unspecified atom stereocenters. The lowest BCUT2D eigenvalue weighted by molar-refractivity contribution is -0.161. The van der Waals surface area contributed by atoms with Crippen LogP contribution >= 0.6 is 0 Å². The van der Waals surface area contributed by atoms with Gasteiger partial charge in [0.1, 0.15) is 6.61 Å². The van der Waals surface area contributed by atoms with Crippen LogP contribution in [0.25, 0.3) is 0 Å². The zero-order chi connectivity index (χ0) is 30.9. The lowest BCUT2D eigenvalue weighted by Gasteiger charge is -2.15.